The summed E-state index contributed by atoms with van der Waals surface area (Å²) < 4.78 is 23.2. The number of rotatable bonds is 5. The van der Waals surface area contributed by atoms with Crippen LogP contribution in [-0.2, 0) is 6.61 Å². The molecule has 0 aliphatic rings. The summed E-state index contributed by atoms with van der Waals surface area (Å²) in [6.07, 6.45) is -3.35. The molecular weight excluding hydrogens is 267 g/mol. The molecule has 0 heterocycles. The van der Waals surface area contributed by atoms with Crippen LogP contribution >= 0.6 is 0 Å². The molecule has 0 saturated heterocycles. The molecule has 0 unspecified atom stereocenters. The van der Waals surface area contributed by atoms with Gasteiger partial charge in [-0.3, -0.25) is 0 Å². The Morgan fingerprint density at radius 3 is 2.30 bits per heavy atom. The molecule has 0 amide bonds. The second kappa shape index (κ2) is 5.87. The van der Waals surface area contributed by atoms with E-state index in [0.29, 0.717) is 0 Å². The van der Waals surface area contributed by atoms with E-state index in [1.165, 1.54) is 12.1 Å². The molecule has 0 saturated carbocycles. The Balaban J connectivity index is 2.03. The van der Waals surface area contributed by atoms with Crippen LogP contribution in [0.2, 0.25) is 0 Å². The van der Waals surface area contributed by atoms with Crippen molar-refractivity contribution in [1.82, 2.24) is 0 Å². The van der Waals surface area contributed by atoms with Crippen LogP contribution in [0.3, 0.4) is 0 Å². The zero-order valence-electron chi connectivity index (χ0n) is 10.4. The predicted molar refractivity (Wildman–Crippen MR) is 67.2 cm³/mol. The predicted octanol–water partition coefficient (Wildman–Crippen LogP) is 1.37. The maximum Gasteiger partial charge on any atom is 0.453 e. The van der Waals surface area contributed by atoms with Crippen LogP contribution in [0.25, 0.3) is 0 Å². The number of ether oxygens (including phenoxy) is 2. The van der Waals surface area contributed by atoms with Gasteiger partial charge in [0.2, 0.25) is 0 Å². The zero-order chi connectivity index (χ0) is 14.6. The summed E-state index contributed by atoms with van der Waals surface area (Å²) in [6, 6.07) is 12.6. The summed E-state index contributed by atoms with van der Waals surface area (Å²) in [5, 5.41) is 25.9. The summed E-state index contributed by atoms with van der Waals surface area (Å²) >= 11 is 0. The molecule has 20 heavy (non-hydrogen) atoms. The van der Waals surface area contributed by atoms with Crippen molar-refractivity contribution in [2.24, 2.45) is 0 Å². The maximum atomic E-state index is 13.7. The third-order valence-corrected chi connectivity index (χ3v) is 2.40. The van der Waals surface area contributed by atoms with Crippen LogP contribution in [0.5, 0.6) is 11.5 Å². The van der Waals surface area contributed by atoms with Gasteiger partial charge >= 0.3 is 6.16 Å². The molecule has 0 aliphatic carbocycles. The van der Waals surface area contributed by atoms with Gasteiger partial charge in [-0.15, -0.1) is 0 Å². The average molecular weight is 280 g/mol. The lowest BCUT2D eigenvalue weighted by Crippen LogP contribution is -2.34. The van der Waals surface area contributed by atoms with Crippen molar-refractivity contribution in [3.63, 3.8) is 0 Å². The zero-order valence-corrected chi connectivity index (χ0v) is 10.4. The van der Waals surface area contributed by atoms with E-state index >= 15 is 0 Å². The topological polar surface area (TPSA) is 79.2 Å². The second-order valence-corrected chi connectivity index (χ2v) is 4.04. The molecule has 0 aromatic heterocycles. The SMILES string of the molecule is OC(O)(O)Oc1ccc(OCc2ccccc2)c(F)c1. The van der Waals surface area contributed by atoms with Crippen molar-refractivity contribution in [1.29, 1.82) is 0 Å². The van der Waals surface area contributed by atoms with Gasteiger partial charge in [0.05, 0.1) is 0 Å². The first-order valence-electron chi connectivity index (χ1n) is 5.76. The fourth-order valence-corrected chi connectivity index (χ4v) is 1.56. The number of hydrogen-bond acceptors (Lipinski definition) is 5. The second-order valence-electron chi connectivity index (χ2n) is 4.04. The van der Waals surface area contributed by atoms with Crippen molar-refractivity contribution in [3.05, 3.63) is 59.9 Å². The van der Waals surface area contributed by atoms with Gasteiger partial charge in [-0.1, -0.05) is 30.3 Å². The summed E-state index contributed by atoms with van der Waals surface area (Å²) in [6.45, 7) is 0.196. The summed E-state index contributed by atoms with van der Waals surface area (Å²) in [7, 11) is 0. The van der Waals surface area contributed by atoms with Gasteiger partial charge in [-0.05, 0) is 17.7 Å². The first-order valence-corrected chi connectivity index (χ1v) is 5.76. The lowest BCUT2D eigenvalue weighted by atomic mass is 10.2. The van der Waals surface area contributed by atoms with E-state index in [0.717, 1.165) is 11.6 Å². The van der Waals surface area contributed by atoms with Crippen molar-refractivity contribution >= 4 is 0 Å². The van der Waals surface area contributed by atoms with E-state index in [9.17, 15) is 4.39 Å². The van der Waals surface area contributed by atoms with Gasteiger partial charge in [-0.2, -0.15) is 0 Å². The standard InChI is InChI=1S/C14H13FO5/c15-12-8-11(20-14(16,17)18)6-7-13(12)19-9-10-4-2-1-3-5-10/h1-8,16-18H,9H2. The van der Waals surface area contributed by atoms with E-state index in [1.54, 1.807) is 0 Å². The van der Waals surface area contributed by atoms with E-state index in [-0.39, 0.29) is 18.1 Å². The molecule has 0 aliphatic heterocycles. The van der Waals surface area contributed by atoms with E-state index < -0.39 is 12.0 Å². The molecule has 5 nitrogen and oxygen atoms in total. The molecule has 6 heteroatoms. The molecule has 0 fully saturated rings. The Hall–Kier alpha value is -2.15. The highest BCUT2D eigenvalue weighted by Gasteiger charge is 2.21. The molecule has 0 spiro atoms. The van der Waals surface area contributed by atoms with E-state index in [1.807, 2.05) is 30.3 Å². The van der Waals surface area contributed by atoms with Gasteiger partial charge in [-0.25, -0.2) is 4.39 Å². The molecule has 0 bridgehead atoms. The smallest absolute Gasteiger partial charge is 0.453 e. The monoisotopic (exact) mass is 280 g/mol. The third-order valence-electron chi connectivity index (χ3n) is 2.40. The first kappa shape index (κ1) is 14.3. The van der Waals surface area contributed by atoms with Crippen LogP contribution in [0.15, 0.2) is 48.5 Å². The first-order chi connectivity index (χ1) is 9.44. The Kier molecular flexibility index (Phi) is 4.19. The Morgan fingerprint density at radius 2 is 1.70 bits per heavy atom. The highest BCUT2D eigenvalue weighted by Crippen LogP contribution is 2.24. The normalized spacial score (nSPS) is 11.2. The highest BCUT2D eigenvalue weighted by atomic mass is 19.1. The van der Waals surface area contributed by atoms with Crippen LogP contribution in [0.1, 0.15) is 5.56 Å². The van der Waals surface area contributed by atoms with Crippen LogP contribution in [-0.4, -0.2) is 21.5 Å². The fourth-order valence-electron chi connectivity index (χ4n) is 1.56. The van der Waals surface area contributed by atoms with Crippen LogP contribution in [0, 0.1) is 5.82 Å². The van der Waals surface area contributed by atoms with Crippen molar-refractivity contribution < 1.29 is 29.2 Å². The van der Waals surface area contributed by atoms with Gasteiger partial charge in [0.25, 0.3) is 0 Å². The quantitative estimate of drug-likeness (QED) is 0.721. The molecule has 2 aromatic carbocycles. The molecule has 2 rings (SSSR count). The molecule has 3 N–H and O–H groups in total. The summed E-state index contributed by atoms with van der Waals surface area (Å²) in [5.74, 6) is -1.01. The number of benzene rings is 2. The largest absolute Gasteiger partial charge is 0.486 e. The van der Waals surface area contributed by atoms with Crippen LogP contribution < -0.4 is 9.47 Å². The molecule has 2 aromatic rings. The van der Waals surface area contributed by atoms with Crippen molar-refractivity contribution in [3.8, 4) is 11.5 Å². The average Bonchev–Trinajstić information content (AvgIpc) is 2.37. The van der Waals surface area contributed by atoms with Crippen molar-refractivity contribution in [2.75, 3.05) is 0 Å². The van der Waals surface area contributed by atoms with Crippen molar-refractivity contribution in [2.45, 2.75) is 12.8 Å². The van der Waals surface area contributed by atoms with Crippen LogP contribution in [0.4, 0.5) is 4.39 Å². The maximum absolute atomic E-state index is 13.7. The minimum Gasteiger partial charge on any atom is -0.486 e. The van der Waals surface area contributed by atoms with Gasteiger partial charge in [0.1, 0.15) is 12.4 Å². The summed E-state index contributed by atoms with van der Waals surface area (Å²) in [4.78, 5) is 0. The number of halogens is 1. The fraction of sp³-hybridized carbons (Fsp3) is 0.143. The lowest BCUT2D eigenvalue weighted by molar-refractivity contribution is -0.419. The summed E-state index contributed by atoms with van der Waals surface area (Å²) in [5.41, 5.74) is 0.882. The number of aliphatic hydroxyl groups is 3. The van der Waals surface area contributed by atoms with E-state index in [2.05, 4.69) is 4.74 Å². The number of hydrogen-bond donors (Lipinski definition) is 3. The van der Waals surface area contributed by atoms with Gasteiger partial charge in [0.15, 0.2) is 11.6 Å². The minimum absolute atomic E-state index is 0.0133. The molecule has 0 atom stereocenters. The minimum atomic E-state index is -3.35. The Bertz CT molecular complexity index is 566. The lowest BCUT2D eigenvalue weighted by Gasteiger charge is -2.16. The Morgan fingerprint density at radius 1 is 1.00 bits per heavy atom. The van der Waals surface area contributed by atoms with Gasteiger partial charge in [0, 0.05) is 6.07 Å². The Labute approximate surface area is 114 Å². The third kappa shape index (κ3) is 4.20. The molecular formula is C14H13FO5. The van der Waals surface area contributed by atoms with Gasteiger partial charge < -0.3 is 24.8 Å². The molecule has 106 valence electrons. The van der Waals surface area contributed by atoms with E-state index in [4.69, 9.17) is 20.1 Å². The molecule has 0 radical (unpaired) electrons. The highest BCUT2D eigenvalue weighted by molar-refractivity contribution is 5.33.